The number of carbonyl (C=O) groups is 1. The highest BCUT2D eigenvalue weighted by Crippen LogP contribution is 2.36. The number of nitrogens with zero attached hydrogens (tertiary/aromatic N) is 1. The predicted molar refractivity (Wildman–Crippen MR) is 83.3 cm³/mol. The van der Waals surface area contributed by atoms with E-state index in [1.54, 1.807) is 24.0 Å². The van der Waals surface area contributed by atoms with Crippen LogP contribution in [-0.4, -0.2) is 12.0 Å². The van der Waals surface area contributed by atoms with Crippen LogP contribution in [-0.2, 0) is 11.3 Å². The van der Waals surface area contributed by atoms with E-state index in [2.05, 4.69) is 0 Å². The Labute approximate surface area is 124 Å². The number of anilines is 2. The van der Waals surface area contributed by atoms with Crippen LogP contribution < -0.4 is 15.4 Å². The van der Waals surface area contributed by atoms with Crippen LogP contribution in [0.5, 0.6) is 5.75 Å². The second-order valence-electron chi connectivity index (χ2n) is 5.40. The maximum atomic E-state index is 12.4. The van der Waals surface area contributed by atoms with E-state index < -0.39 is 6.10 Å². The molecule has 2 N–H and O–H groups in total. The highest BCUT2D eigenvalue weighted by atomic mass is 16.5. The van der Waals surface area contributed by atoms with Gasteiger partial charge in [0.05, 0.1) is 12.2 Å². The van der Waals surface area contributed by atoms with E-state index in [1.807, 2.05) is 37.3 Å². The number of carbonyl (C=O) groups excluding carboxylic acids is 1. The zero-order valence-electron chi connectivity index (χ0n) is 12.2. The monoisotopic (exact) mass is 282 g/mol. The van der Waals surface area contributed by atoms with Crippen molar-refractivity contribution < 1.29 is 9.53 Å². The molecule has 0 bridgehead atoms. The van der Waals surface area contributed by atoms with Gasteiger partial charge in [0.15, 0.2) is 6.10 Å². The number of rotatable bonds is 2. The fourth-order valence-electron chi connectivity index (χ4n) is 2.46. The maximum absolute atomic E-state index is 12.4. The van der Waals surface area contributed by atoms with E-state index in [9.17, 15) is 4.79 Å². The number of hydrogen-bond donors (Lipinski definition) is 1. The minimum Gasteiger partial charge on any atom is -0.479 e. The zero-order chi connectivity index (χ0) is 15.0. The number of fused-ring (bicyclic) bond motifs is 1. The fourth-order valence-corrected chi connectivity index (χ4v) is 2.46. The number of nitrogens with two attached hydrogens (primary N) is 1. The molecule has 2 aromatic carbocycles. The van der Waals surface area contributed by atoms with E-state index in [-0.39, 0.29) is 5.91 Å². The lowest BCUT2D eigenvalue weighted by molar-refractivity contribution is -0.125. The second kappa shape index (κ2) is 5.13. The third-order valence-electron chi connectivity index (χ3n) is 3.65. The average molecular weight is 282 g/mol. The smallest absolute Gasteiger partial charge is 0.268 e. The van der Waals surface area contributed by atoms with Gasteiger partial charge in [0.1, 0.15) is 5.75 Å². The molecular weight excluding hydrogens is 264 g/mol. The fraction of sp³-hybridized carbons (Fsp3) is 0.235. The van der Waals surface area contributed by atoms with Gasteiger partial charge in [-0.05, 0) is 37.6 Å². The Morgan fingerprint density at radius 1 is 1.19 bits per heavy atom. The van der Waals surface area contributed by atoms with Crippen molar-refractivity contribution in [2.45, 2.75) is 26.5 Å². The molecular formula is C17H18N2O2. The van der Waals surface area contributed by atoms with Gasteiger partial charge < -0.3 is 15.4 Å². The van der Waals surface area contributed by atoms with E-state index in [4.69, 9.17) is 10.5 Å². The molecule has 1 unspecified atom stereocenters. The Hall–Kier alpha value is -2.49. The lowest BCUT2D eigenvalue weighted by Crippen LogP contribution is -2.44. The maximum Gasteiger partial charge on any atom is 0.268 e. The van der Waals surface area contributed by atoms with Gasteiger partial charge in [0, 0.05) is 5.69 Å². The minimum atomic E-state index is -0.480. The second-order valence-corrected chi connectivity index (χ2v) is 5.40. The summed E-state index contributed by atoms with van der Waals surface area (Å²) < 4.78 is 5.64. The summed E-state index contributed by atoms with van der Waals surface area (Å²) in [6.45, 7) is 4.33. The normalized spacial score (nSPS) is 17.3. The summed E-state index contributed by atoms with van der Waals surface area (Å²) in [6.07, 6.45) is -0.480. The first kappa shape index (κ1) is 13.5. The first-order chi connectivity index (χ1) is 10.0. The Bertz CT molecular complexity index is 680. The first-order valence-electron chi connectivity index (χ1n) is 6.98. The molecule has 1 amide bonds. The molecule has 2 aromatic rings. The molecule has 4 heteroatoms. The predicted octanol–water partition coefficient (Wildman–Crippen LogP) is 2.89. The Morgan fingerprint density at radius 2 is 1.90 bits per heavy atom. The van der Waals surface area contributed by atoms with Crippen molar-refractivity contribution in [1.29, 1.82) is 0 Å². The zero-order valence-corrected chi connectivity index (χ0v) is 12.2. The van der Waals surface area contributed by atoms with Crippen molar-refractivity contribution in [3.63, 3.8) is 0 Å². The standard InChI is InChI=1S/C17H18N2O2/c1-11-3-5-13(6-4-11)10-19-15-9-14(18)7-8-16(15)21-12(2)17(19)20/h3-9,12H,10,18H2,1-2H3. The van der Waals surface area contributed by atoms with Crippen LogP contribution in [0.25, 0.3) is 0 Å². The molecule has 0 fully saturated rings. The molecule has 1 aliphatic heterocycles. The van der Waals surface area contributed by atoms with Crippen LogP contribution >= 0.6 is 0 Å². The third kappa shape index (κ3) is 2.57. The van der Waals surface area contributed by atoms with Gasteiger partial charge in [-0.3, -0.25) is 4.79 Å². The van der Waals surface area contributed by atoms with Crippen molar-refractivity contribution in [2.24, 2.45) is 0 Å². The lowest BCUT2D eigenvalue weighted by Gasteiger charge is -2.33. The summed E-state index contributed by atoms with van der Waals surface area (Å²) in [5.41, 5.74) is 9.48. The van der Waals surface area contributed by atoms with E-state index in [1.165, 1.54) is 5.56 Å². The van der Waals surface area contributed by atoms with Crippen molar-refractivity contribution >= 4 is 17.3 Å². The van der Waals surface area contributed by atoms with Crippen molar-refractivity contribution in [3.05, 3.63) is 53.6 Å². The van der Waals surface area contributed by atoms with Crippen LogP contribution in [0.2, 0.25) is 0 Å². The molecule has 0 spiro atoms. The van der Waals surface area contributed by atoms with Gasteiger partial charge in [0.2, 0.25) is 0 Å². The highest BCUT2D eigenvalue weighted by Gasteiger charge is 2.31. The SMILES string of the molecule is Cc1ccc(CN2C(=O)C(C)Oc3ccc(N)cc32)cc1. The molecule has 0 aliphatic carbocycles. The summed E-state index contributed by atoms with van der Waals surface area (Å²) in [7, 11) is 0. The summed E-state index contributed by atoms with van der Waals surface area (Å²) in [6, 6.07) is 13.5. The molecule has 3 rings (SSSR count). The number of aryl methyl sites for hydroxylation is 1. The number of hydrogen-bond acceptors (Lipinski definition) is 3. The molecule has 4 nitrogen and oxygen atoms in total. The van der Waals surface area contributed by atoms with Crippen LogP contribution in [0.4, 0.5) is 11.4 Å². The molecule has 1 atom stereocenters. The lowest BCUT2D eigenvalue weighted by atomic mass is 10.1. The number of nitrogen functional groups attached to an aromatic ring is 1. The van der Waals surface area contributed by atoms with Gasteiger partial charge >= 0.3 is 0 Å². The van der Waals surface area contributed by atoms with Crippen LogP contribution in [0.15, 0.2) is 42.5 Å². The Kier molecular flexibility index (Phi) is 3.29. The molecule has 108 valence electrons. The molecule has 1 heterocycles. The van der Waals surface area contributed by atoms with Crippen LogP contribution in [0.3, 0.4) is 0 Å². The molecule has 0 aromatic heterocycles. The molecule has 0 saturated carbocycles. The third-order valence-corrected chi connectivity index (χ3v) is 3.65. The van der Waals surface area contributed by atoms with Crippen molar-refractivity contribution in [2.75, 3.05) is 10.6 Å². The summed E-state index contributed by atoms with van der Waals surface area (Å²) in [4.78, 5) is 14.2. The van der Waals surface area contributed by atoms with Crippen LogP contribution in [0, 0.1) is 6.92 Å². The van der Waals surface area contributed by atoms with Crippen molar-refractivity contribution in [3.8, 4) is 5.75 Å². The molecule has 0 radical (unpaired) electrons. The van der Waals surface area contributed by atoms with E-state index in [0.717, 1.165) is 11.3 Å². The van der Waals surface area contributed by atoms with E-state index >= 15 is 0 Å². The minimum absolute atomic E-state index is 0.0475. The topological polar surface area (TPSA) is 55.6 Å². The first-order valence-corrected chi connectivity index (χ1v) is 6.98. The summed E-state index contributed by atoms with van der Waals surface area (Å²) >= 11 is 0. The largest absolute Gasteiger partial charge is 0.479 e. The van der Waals surface area contributed by atoms with Crippen LogP contribution in [0.1, 0.15) is 18.1 Å². The quantitative estimate of drug-likeness (QED) is 0.862. The number of amides is 1. The highest BCUT2D eigenvalue weighted by molar-refractivity contribution is 6.00. The van der Waals surface area contributed by atoms with Gasteiger partial charge in [-0.25, -0.2) is 0 Å². The molecule has 21 heavy (non-hydrogen) atoms. The molecule has 0 saturated heterocycles. The summed E-state index contributed by atoms with van der Waals surface area (Å²) in [5.74, 6) is 0.650. The van der Waals surface area contributed by atoms with Crippen molar-refractivity contribution in [1.82, 2.24) is 0 Å². The Balaban J connectivity index is 1.98. The van der Waals surface area contributed by atoms with Gasteiger partial charge in [-0.1, -0.05) is 29.8 Å². The Morgan fingerprint density at radius 3 is 2.62 bits per heavy atom. The average Bonchev–Trinajstić information content (AvgIpc) is 2.47. The van der Waals surface area contributed by atoms with Gasteiger partial charge in [-0.15, -0.1) is 0 Å². The molecule has 1 aliphatic rings. The number of benzene rings is 2. The van der Waals surface area contributed by atoms with E-state index in [0.29, 0.717) is 18.0 Å². The van der Waals surface area contributed by atoms with Gasteiger partial charge in [0.25, 0.3) is 5.91 Å². The number of ether oxygens (including phenoxy) is 1. The van der Waals surface area contributed by atoms with Gasteiger partial charge in [-0.2, -0.15) is 0 Å². The summed E-state index contributed by atoms with van der Waals surface area (Å²) in [5, 5.41) is 0.